The van der Waals surface area contributed by atoms with Gasteiger partial charge in [-0.3, -0.25) is 9.59 Å². The van der Waals surface area contributed by atoms with E-state index in [4.69, 9.17) is 9.47 Å². The molecule has 7 N–H and O–H groups in total. The summed E-state index contributed by atoms with van der Waals surface area (Å²) in [6, 6.07) is 0. The van der Waals surface area contributed by atoms with Gasteiger partial charge in [0, 0.05) is 5.92 Å². The lowest BCUT2D eigenvalue weighted by atomic mass is 9.33. The zero-order valence-corrected chi connectivity index (χ0v) is 28.7. The predicted molar refractivity (Wildman–Crippen MR) is 168 cm³/mol. The number of hydrogen-bond acceptors (Lipinski definition) is 10. The highest BCUT2D eigenvalue weighted by atomic mass is 16.7. The molecule has 1 heterocycles. The number of aliphatic hydroxyl groups is 6. The van der Waals surface area contributed by atoms with Crippen LogP contribution in [0.2, 0.25) is 0 Å². The molecule has 1 aliphatic heterocycles. The van der Waals surface area contributed by atoms with Crippen LogP contribution < -0.4 is 0 Å². The smallest absolute Gasteiger partial charge is 0.315 e. The Morgan fingerprint density at radius 1 is 0.851 bits per heavy atom. The van der Waals surface area contributed by atoms with Gasteiger partial charge in [0.05, 0.1) is 29.6 Å². The van der Waals surface area contributed by atoms with Crippen molar-refractivity contribution in [3.63, 3.8) is 0 Å². The monoisotopic (exact) mass is 664 g/mol. The Morgan fingerprint density at radius 2 is 1.51 bits per heavy atom. The van der Waals surface area contributed by atoms with Crippen LogP contribution in [-0.2, 0) is 19.1 Å². The van der Waals surface area contributed by atoms with Crippen LogP contribution in [-0.4, -0.2) is 97.2 Å². The molecule has 0 aromatic rings. The number of carboxylic acids is 1. The van der Waals surface area contributed by atoms with Crippen molar-refractivity contribution in [1.29, 1.82) is 0 Å². The van der Waals surface area contributed by atoms with Crippen LogP contribution >= 0.6 is 0 Å². The third kappa shape index (κ3) is 4.55. The third-order valence-electron chi connectivity index (χ3n) is 15.4. The van der Waals surface area contributed by atoms with Crippen LogP contribution in [0.25, 0.3) is 0 Å². The van der Waals surface area contributed by atoms with Gasteiger partial charge in [0.15, 0.2) is 0 Å². The minimum absolute atomic E-state index is 0.135. The normalized spacial score (nSPS) is 53.7. The first-order valence-electron chi connectivity index (χ1n) is 17.6. The van der Waals surface area contributed by atoms with E-state index < -0.39 is 89.0 Å². The average Bonchev–Trinajstić information content (AvgIpc) is 3.01. The molecule has 4 unspecified atom stereocenters. The molecule has 0 spiro atoms. The van der Waals surface area contributed by atoms with Crippen LogP contribution in [0.1, 0.15) is 99.3 Å². The predicted octanol–water partition coefficient (Wildman–Crippen LogP) is 2.53. The first-order chi connectivity index (χ1) is 21.8. The lowest BCUT2D eigenvalue weighted by Crippen LogP contribution is -2.68. The number of carbonyl (C=O) groups is 2. The fourth-order valence-corrected chi connectivity index (χ4v) is 12.0. The Kier molecular flexibility index (Phi) is 8.40. The highest BCUT2D eigenvalue weighted by Gasteiger charge is 2.72. The molecule has 0 amide bonds. The zero-order chi connectivity index (χ0) is 34.7. The van der Waals surface area contributed by atoms with Crippen molar-refractivity contribution in [3.05, 3.63) is 11.6 Å². The second-order valence-electron chi connectivity index (χ2n) is 17.6. The fourth-order valence-electron chi connectivity index (χ4n) is 12.0. The van der Waals surface area contributed by atoms with Crippen molar-refractivity contribution < 1.29 is 54.8 Å². The fraction of sp³-hybridized carbons (Fsp3) is 0.889. The number of ether oxygens (including phenoxy) is 2. The zero-order valence-electron chi connectivity index (χ0n) is 28.7. The van der Waals surface area contributed by atoms with Gasteiger partial charge in [0.2, 0.25) is 6.29 Å². The van der Waals surface area contributed by atoms with Gasteiger partial charge in [0.25, 0.3) is 0 Å². The third-order valence-corrected chi connectivity index (χ3v) is 15.4. The summed E-state index contributed by atoms with van der Waals surface area (Å²) in [7, 11) is 0. The second-order valence-corrected chi connectivity index (χ2v) is 17.6. The summed E-state index contributed by atoms with van der Waals surface area (Å²) in [5.41, 5.74) is -2.83. The molecule has 6 rings (SSSR count). The Labute approximate surface area is 277 Å². The van der Waals surface area contributed by atoms with E-state index >= 15 is 0 Å². The van der Waals surface area contributed by atoms with Gasteiger partial charge >= 0.3 is 11.9 Å². The SMILES string of the molecule is CC1(C)CC[C@]2(C(=O)OC3O[C@H](CO)[C@@H](O)[C@H](O)[C@H]3O)CC[C@]3(C)C(=CCC4[C@@]5(C)CC[C@H](O)[C@](C)(C(=O)O)C5CC[C@]43C)C2[C@@H]1O. The van der Waals surface area contributed by atoms with Crippen LogP contribution in [0.5, 0.6) is 0 Å². The van der Waals surface area contributed by atoms with Crippen molar-refractivity contribution in [2.75, 3.05) is 6.61 Å². The molecular formula is C36H56O11. The van der Waals surface area contributed by atoms with Gasteiger partial charge in [-0.1, -0.05) is 46.3 Å². The van der Waals surface area contributed by atoms with Crippen molar-refractivity contribution >= 4 is 11.9 Å². The maximum Gasteiger partial charge on any atom is 0.315 e. The molecule has 47 heavy (non-hydrogen) atoms. The van der Waals surface area contributed by atoms with E-state index in [0.717, 1.165) is 18.4 Å². The van der Waals surface area contributed by atoms with Gasteiger partial charge in [0.1, 0.15) is 24.4 Å². The van der Waals surface area contributed by atoms with E-state index in [9.17, 15) is 45.3 Å². The van der Waals surface area contributed by atoms with E-state index in [1.165, 1.54) is 0 Å². The van der Waals surface area contributed by atoms with Crippen LogP contribution in [0.3, 0.4) is 0 Å². The molecule has 0 aromatic heterocycles. The van der Waals surface area contributed by atoms with Crippen LogP contribution in [0.15, 0.2) is 11.6 Å². The van der Waals surface area contributed by atoms with Crippen molar-refractivity contribution in [2.24, 2.45) is 50.2 Å². The van der Waals surface area contributed by atoms with Gasteiger partial charge in [-0.15, -0.1) is 0 Å². The minimum atomic E-state index is -1.72. The summed E-state index contributed by atoms with van der Waals surface area (Å²) in [4.78, 5) is 27.1. The summed E-state index contributed by atoms with van der Waals surface area (Å²) in [5, 5.41) is 74.5. The summed E-state index contributed by atoms with van der Waals surface area (Å²) in [6.45, 7) is 11.9. The molecule has 0 aromatic carbocycles. The number of carboxylic acid groups (broad SMARTS) is 1. The van der Waals surface area contributed by atoms with Crippen LogP contribution in [0, 0.1) is 50.2 Å². The minimum Gasteiger partial charge on any atom is -0.481 e. The van der Waals surface area contributed by atoms with E-state index in [1.54, 1.807) is 6.92 Å². The second kappa shape index (κ2) is 11.2. The molecule has 4 saturated carbocycles. The van der Waals surface area contributed by atoms with E-state index in [2.05, 4.69) is 26.8 Å². The molecule has 15 atom stereocenters. The average molecular weight is 665 g/mol. The number of aliphatic carboxylic acids is 1. The van der Waals surface area contributed by atoms with Crippen LogP contribution in [0.4, 0.5) is 0 Å². The molecule has 1 saturated heterocycles. The summed E-state index contributed by atoms with van der Waals surface area (Å²) < 4.78 is 11.4. The summed E-state index contributed by atoms with van der Waals surface area (Å²) in [5.74, 6) is -2.22. The van der Waals surface area contributed by atoms with Gasteiger partial charge < -0.3 is 45.2 Å². The van der Waals surface area contributed by atoms with Crippen molar-refractivity contribution in [2.45, 2.75) is 142 Å². The highest BCUT2D eigenvalue weighted by molar-refractivity contribution is 5.79. The van der Waals surface area contributed by atoms with E-state index in [0.29, 0.717) is 44.9 Å². The molecule has 5 fully saturated rings. The Hall–Kier alpha value is -1.60. The quantitative estimate of drug-likeness (QED) is 0.172. The number of rotatable bonds is 4. The molecule has 0 radical (unpaired) electrons. The number of esters is 1. The molecular weight excluding hydrogens is 608 g/mol. The lowest BCUT2D eigenvalue weighted by molar-refractivity contribution is -0.298. The molecule has 6 aliphatic rings. The van der Waals surface area contributed by atoms with E-state index in [1.807, 2.05) is 13.8 Å². The Balaban J connectivity index is 1.39. The largest absolute Gasteiger partial charge is 0.481 e. The number of hydrogen-bond donors (Lipinski definition) is 7. The molecule has 5 aliphatic carbocycles. The number of allylic oxidation sites excluding steroid dienone is 1. The topological polar surface area (TPSA) is 194 Å². The number of fused-ring (bicyclic) bond motifs is 7. The van der Waals surface area contributed by atoms with Crippen molar-refractivity contribution in [3.8, 4) is 0 Å². The standard InChI is InChI=1S/C36H56O11/c1-31(2)13-15-36(30(45)47-28-26(41)25(40)24(39)19(17-37)46-28)16-14-33(4)18(23(36)27(31)42)7-8-20-32(3)11-10-22(38)35(6,29(43)44)21(32)9-12-34(20,33)5/h7,19-28,37-42H,8-17H2,1-6H3,(H,43,44)/t19-,20?,21?,22+,23?,24-,25+,26-,27+,28?,32-,33-,34-,35-,36+/m1/s1. The summed E-state index contributed by atoms with van der Waals surface area (Å²) >= 11 is 0. The molecule has 266 valence electrons. The van der Waals surface area contributed by atoms with Gasteiger partial charge in [-0.25, -0.2) is 0 Å². The highest BCUT2D eigenvalue weighted by Crippen LogP contribution is 2.76. The maximum absolute atomic E-state index is 14.4. The lowest BCUT2D eigenvalue weighted by Gasteiger charge is -2.71. The number of aliphatic hydroxyl groups excluding tert-OH is 6. The first kappa shape index (κ1) is 35.2. The maximum atomic E-state index is 14.4. The summed E-state index contributed by atoms with van der Waals surface area (Å²) in [6.07, 6.45) is -2.06. The molecule has 0 bridgehead atoms. The van der Waals surface area contributed by atoms with Gasteiger partial charge in [-0.2, -0.15) is 0 Å². The first-order valence-corrected chi connectivity index (χ1v) is 17.6. The number of carbonyl (C=O) groups excluding carboxylic acids is 1. The van der Waals surface area contributed by atoms with Gasteiger partial charge in [-0.05, 0) is 98.2 Å². The molecule has 11 heteroatoms. The van der Waals surface area contributed by atoms with E-state index in [-0.39, 0.29) is 22.7 Å². The molecule has 11 nitrogen and oxygen atoms in total. The Bertz CT molecular complexity index is 1310. The Morgan fingerprint density at radius 3 is 2.15 bits per heavy atom. The van der Waals surface area contributed by atoms with Crippen molar-refractivity contribution in [1.82, 2.24) is 0 Å².